The maximum absolute atomic E-state index is 13.2. The molecule has 0 heterocycles. The van der Waals surface area contributed by atoms with E-state index in [-0.39, 0.29) is 21.7 Å². The zero-order valence-electron chi connectivity index (χ0n) is 12.1. The Morgan fingerprint density at radius 2 is 2.15 bits per heavy atom. The first-order valence-corrected chi connectivity index (χ1v) is 8.49. The fraction of sp³-hybridized carbons (Fsp3) is 0.600. The molecule has 1 N–H and O–H groups in total. The van der Waals surface area contributed by atoms with Crippen LogP contribution >= 0.6 is 11.6 Å². The first-order valence-electron chi connectivity index (χ1n) is 6.89. The number of rotatable bonds is 3. The van der Waals surface area contributed by atoms with E-state index in [0.717, 1.165) is 19.3 Å². The Balaban J connectivity index is 2.29. The minimum absolute atomic E-state index is 0.0327. The predicted octanol–water partition coefficient (Wildman–Crippen LogP) is 3.75. The highest BCUT2D eigenvalue weighted by Crippen LogP contribution is 2.39. The molecule has 1 aromatic carbocycles. The number of halogens is 2. The SMILES string of the molecule is CNC1C(S(=O)c2ccc(F)c(Cl)c2)CCCC1(C)C. The molecule has 0 aromatic heterocycles. The zero-order chi connectivity index (χ0) is 14.9. The summed E-state index contributed by atoms with van der Waals surface area (Å²) >= 11 is 5.80. The summed E-state index contributed by atoms with van der Waals surface area (Å²) in [5.74, 6) is -0.471. The molecule has 112 valence electrons. The van der Waals surface area contributed by atoms with Gasteiger partial charge in [0.2, 0.25) is 0 Å². The van der Waals surface area contributed by atoms with Crippen LogP contribution in [0.5, 0.6) is 0 Å². The molecule has 0 spiro atoms. The van der Waals surface area contributed by atoms with Gasteiger partial charge in [0.25, 0.3) is 0 Å². The molecule has 1 aliphatic carbocycles. The van der Waals surface area contributed by atoms with Crippen molar-refractivity contribution in [1.29, 1.82) is 0 Å². The number of benzene rings is 1. The Morgan fingerprint density at radius 1 is 1.45 bits per heavy atom. The average Bonchev–Trinajstić information content (AvgIpc) is 2.39. The highest BCUT2D eigenvalue weighted by molar-refractivity contribution is 7.85. The Kier molecular flexibility index (Phi) is 4.88. The van der Waals surface area contributed by atoms with E-state index in [1.807, 2.05) is 7.05 Å². The van der Waals surface area contributed by atoms with Crippen molar-refractivity contribution in [3.63, 3.8) is 0 Å². The van der Waals surface area contributed by atoms with Gasteiger partial charge in [-0.15, -0.1) is 0 Å². The highest BCUT2D eigenvalue weighted by Gasteiger charge is 2.41. The number of nitrogens with one attached hydrogen (secondary N) is 1. The molecule has 2 rings (SSSR count). The first kappa shape index (κ1) is 15.9. The Bertz CT molecular complexity index is 521. The van der Waals surface area contributed by atoms with Gasteiger partial charge in [0, 0.05) is 10.9 Å². The van der Waals surface area contributed by atoms with E-state index >= 15 is 0 Å². The van der Waals surface area contributed by atoms with Gasteiger partial charge in [-0.1, -0.05) is 31.9 Å². The molecule has 2 nitrogen and oxygen atoms in total. The van der Waals surface area contributed by atoms with Gasteiger partial charge in [0.1, 0.15) is 5.82 Å². The average molecular weight is 318 g/mol. The molecule has 0 bridgehead atoms. The van der Waals surface area contributed by atoms with Gasteiger partial charge >= 0.3 is 0 Å². The van der Waals surface area contributed by atoms with Crippen LogP contribution in [0.15, 0.2) is 23.1 Å². The first-order chi connectivity index (χ1) is 9.36. The Morgan fingerprint density at radius 3 is 2.75 bits per heavy atom. The lowest BCUT2D eigenvalue weighted by Crippen LogP contribution is -2.52. The molecule has 0 radical (unpaired) electrons. The van der Waals surface area contributed by atoms with Crippen molar-refractivity contribution in [2.75, 3.05) is 7.05 Å². The van der Waals surface area contributed by atoms with E-state index < -0.39 is 16.6 Å². The van der Waals surface area contributed by atoms with Crippen LogP contribution in [-0.2, 0) is 10.8 Å². The van der Waals surface area contributed by atoms with Crippen molar-refractivity contribution < 1.29 is 8.60 Å². The summed E-state index contributed by atoms with van der Waals surface area (Å²) in [6.07, 6.45) is 3.10. The summed E-state index contributed by atoms with van der Waals surface area (Å²) in [4.78, 5) is 0.611. The predicted molar refractivity (Wildman–Crippen MR) is 82.1 cm³/mol. The molecule has 1 aliphatic rings. The molecular formula is C15H21ClFNOS. The van der Waals surface area contributed by atoms with Crippen LogP contribution in [0.1, 0.15) is 33.1 Å². The Labute approximate surface area is 127 Å². The van der Waals surface area contributed by atoms with Crippen LogP contribution in [-0.4, -0.2) is 22.5 Å². The molecule has 1 fully saturated rings. The lowest BCUT2D eigenvalue weighted by atomic mass is 9.73. The largest absolute Gasteiger partial charge is 0.315 e. The minimum Gasteiger partial charge on any atom is -0.315 e. The summed E-state index contributed by atoms with van der Waals surface area (Å²) < 4.78 is 26.0. The van der Waals surface area contributed by atoms with Gasteiger partial charge in [0.05, 0.1) is 21.1 Å². The topological polar surface area (TPSA) is 29.1 Å². The van der Waals surface area contributed by atoms with Crippen LogP contribution in [0.4, 0.5) is 4.39 Å². The van der Waals surface area contributed by atoms with E-state index in [1.165, 1.54) is 12.1 Å². The van der Waals surface area contributed by atoms with Crippen molar-refractivity contribution in [3.8, 4) is 0 Å². The van der Waals surface area contributed by atoms with Crippen molar-refractivity contribution in [1.82, 2.24) is 5.32 Å². The monoisotopic (exact) mass is 317 g/mol. The van der Waals surface area contributed by atoms with Crippen molar-refractivity contribution >= 4 is 22.4 Å². The Hall–Kier alpha value is -0.450. The quantitative estimate of drug-likeness (QED) is 0.920. The van der Waals surface area contributed by atoms with Crippen LogP contribution in [0, 0.1) is 11.2 Å². The summed E-state index contributed by atoms with van der Waals surface area (Å²) in [7, 11) is 0.738. The van der Waals surface area contributed by atoms with Gasteiger partial charge in [-0.05, 0) is 43.5 Å². The molecular weight excluding hydrogens is 297 g/mol. The van der Waals surface area contributed by atoms with Gasteiger partial charge in [0.15, 0.2) is 0 Å². The minimum atomic E-state index is -1.18. The summed E-state index contributed by atoms with van der Waals surface area (Å²) in [5, 5.41) is 3.39. The van der Waals surface area contributed by atoms with Gasteiger partial charge in [-0.2, -0.15) is 0 Å². The smallest absolute Gasteiger partial charge is 0.141 e. The number of hydrogen-bond acceptors (Lipinski definition) is 2. The molecule has 1 aromatic rings. The third-order valence-electron chi connectivity index (χ3n) is 4.23. The molecule has 20 heavy (non-hydrogen) atoms. The molecule has 0 amide bonds. The fourth-order valence-corrected chi connectivity index (χ4v) is 5.33. The number of hydrogen-bond donors (Lipinski definition) is 1. The second kappa shape index (κ2) is 6.12. The lowest BCUT2D eigenvalue weighted by Gasteiger charge is -2.43. The molecule has 5 heteroatoms. The zero-order valence-corrected chi connectivity index (χ0v) is 13.7. The van der Waals surface area contributed by atoms with Crippen molar-refractivity contribution in [2.45, 2.75) is 49.3 Å². The third-order valence-corrected chi connectivity index (χ3v) is 6.30. The van der Waals surface area contributed by atoms with E-state index in [0.29, 0.717) is 4.90 Å². The molecule has 0 aliphatic heterocycles. The van der Waals surface area contributed by atoms with E-state index in [2.05, 4.69) is 19.2 Å². The van der Waals surface area contributed by atoms with Crippen LogP contribution in [0.3, 0.4) is 0 Å². The molecule has 1 saturated carbocycles. The fourth-order valence-electron chi connectivity index (χ4n) is 3.17. The molecule has 0 saturated heterocycles. The van der Waals surface area contributed by atoms with Crippen molar-refractivity contribution in [2.24, 2.45) is 5.41 Å². The standard InChI is InChI=1S/C15H21ClFNOS/c1-15(2)8-4-5-13(14(15)18-3)20(19)10-6-7-12(17)11(16)9-10/h6-7,9,13-14,18H,4-5,8H2,1-3H3. The lowest BCUT2D eigenvalue weighted by molar-refractivity contribution is 0.180. The summed E-state index contributed by atoms with van der Waals surface area (Å²) in [5.41, 5.74) is 0.108. The molecule has 3 atom stereocenters. The normalized spacial score (nSPS) is 27.2. The van der Waals surface area contributed by atoms with Gasteiger partial charge in [-0.3, -0.25) is 4.21 Å². The van der Waals surface area contributed by atoms with E-state index in [9.17, 15) is 8.60 Å². The van der Waals surface area contributed by atoms with Crippen LogP contribution in [0.25, 0.3) is 0 Å². The molecule has 3 unspecified atom stereocenters. The van der Waals surface area contributed by atoms with Gasteiger partial charge in [-0.25, -0.2) is 4.39 Å². The van der Waals surface area contributed by atoms with Crippen LogP contribution < -0.4 is 5.32 Å². The maximum atomic E-state index is 13.2. The van der Waals surface area contributed by atoms with Crippen LogP contribution in [0.2, 0.25) is 5.02 Å². The maximum Gasteiger partial charge on any atom is 0.141 e. The summed E-state index contributed by atoms with van der Waals surface area (Å²) in [6, 6.07) is 4.53. The van der Waals surface area contributed by atoms with E-state index in [4.69, 9.17) is 11.6 Å². The van der Waals surface area contributed by atoms with Crippen molar-refractivity contribution in [3.05, 3.63) is 29.0 Å². The second-order valence-corrected chi connectivity index (χ2v) is 8.14. The summed E-state index contributed by atoms with van der Waals surface area (Å²) in [6.45, 7) is 4.41. The second-order valence-electron chi connectivity index (χ2n) is 6.06. The highest BCUT2D eigenvalue weighted by atomic mass is 35.5. The van der Waals surface area contributed by atoms with Gasteiger partial charge < -0.3 is 5.32 Å². The van der Waals surface area contributed by atoms with E-state index in [1.54, 1.807) is 6.07 Å². The third kappa shape index (κ3) is 3.07.